The van der Waals surface area contributed by atoms with Crippen LogP contribution in [0.1, 0.15) is 278 Å². The van der Waals surface area contributed by atoms with Crippen LogP contribution in [0.5, 0.6) is 0 Å². The lowest BCUT2D eigenvalue weighted by Gasteiger charge is -2.18. The topological polar surface area (TPSA) is 78.9 Å². The largest absolute Gasteiger partial charge is 0.462 e. The Hall–Kier alpha value is -3.67. The van der Waals surface area contributed by atoms with Crippen molar-refractivity contribution in [3.8, 4) is 0 Å². The van der Waals surface area contributed by atoms with Gasteiger partial charge in [0, 0.05) is 19.3 Å². The van der Waals surface area contributed by atoms with Gasteiger partial charge in [0.1, 0.15) is 13.2 Å². The third kappa shape index (κ3) is 57.1. The Morgan fingerprint density at radius 2 is 0.577 bits per heavy atom. The Bertz CT molecular complexity index is 1410. The fourth-order valence-corrected chi connectivity index (χ4v) is 8.21. The van der Waals surface area contributed by atoms with Crippen LogP contribution in [0.15, 0.2) is 97.2 Å². The van der Waals surface area contributed by atoms with Crippen LogP contribution in [0, 0.1) is 0 Å². The van der Waals surface area contributed by atoms with Gasteiger partial charge in [0.25, 0.3) is 0 Å². The molecule has 0 fully saturated rings. The number of carbonyl (C=O) groups excluding carboxylic acids is 3. The summed E-state index contributed by atoms with van der Waals surface area (Å²) in [6.45, 7) is 6.33. The minimum atomic E-state index is -0.828. The highest BCUT2D eigenvalue weighted by molar-refractivity contribution is 5.71. The predicted octanol–water partition coefficient (Wildman–Crippen LogP) is 20.1. The Morgan fingerprint density at radius 3 is 0.944 bits per heavy atom. The lowest BCUT2D eigenvalue weighted by atomic mass is 10.0. The van der Waals surface area contributed by atoms with Crippen molar-refractivity contribution in [3.05, 3.63) is 97.2 Å². The van der Waals surface area contributed by atoms with Crippen LogP contribution in [-0.2, 0) is 28.6 Å². The molecule has 0 amide bonds. The summed E-state index contributed by atoms with van der Waals surface area (Å²) in [5.74, 6) is -1.04. The number of carbonyl (C=O) groups is 3. The van der Waals surface area contributed by atoms with Crippen molar-refractivity contribution in [2.24, 2.45) is 0 Å². The highest BCUT2D eigenvalue weighted by atomic mass is 16.6. The lowest BCUT2D eigenvalue weighted by molar-refractivity contribution is -0.166. The third-order valence-corrected chi connectivity index (χ3v) is 12.6. The molecule has 0 aliphatic rings. The molecule has 0 N–H and O–H groups in total. The van der Waals surface area contributed by atoms with Gasteiger partial charge < -0.3 is 14.2 Å². The molecule has 0 aliphatic carbocycles. The summed E-state index contributed by atoms with van der Waals surface area (Å²) < 4.78 is 16.7. The first kappa shape index (κ1) is 67.3. The predicted molar refractivity (Wildman–Crippen MR) is 307 cm³/mol. The van der Waals surface area contributed by atoms with E-state index < -0.39 is 6.10 Å². The summed E-state index contributed by atoms with van der Waals surface area (Å²) >= 11 is 0. The van der Waals surface area contributed by atoms with E-state index in [4.69, 9.17) is 14.2 Å². The average Bonchev–Trinajstić information content (AvgIpc) is 3.37. The molecular weight excluding hydrogens is 877 g/mol. The quantitative estimate of drug-likeness (QED) is 0.0261. The molecule has 0 saturated carbocycles. The van der Waals surface area contributed by atoms with Crippen molar-refractivity contribution < 1.29 is 28.6 Å². The zero-order valence-corrected chi connectivity index (χ0v) is 46.5. The number of unbranched alkanes of at least 4 members (excludes halogenated alkanes) is 26. The number of hydrogen-bond acceptors (Lipinski definition) is 6. The van der Waals surface area contributed by atoms with Crippen molar-refractivity contribution in [1.29, 1.82) is 0 Å². The second-order valence-corrected chi connectivity index (χ2v) is 19.5. The van der Waals surface area contributed by atoms with Crippen molar-refractivity contribution in [2.45, 2.75) is 284 Å². The average molecular weight is 988 g/mol. The first-order chi connectivity index (χ1) is 35.0. The van der Waals surface area contributed by atoms with Gasteiger partial charge in [-0.05, 0) is 83.5 Å². The van der Waals surface area contributed by atoms with E-state index in [0.717, 1.165) is 83.5 Å². The monoisotopic (exact) mass is 987 g/mol. The summed E-state index contributed by atoms with van der Waals surface area (Å²) in [5, 5.41) is 0. The van der Waals surface area contributed by atoms with Gasteiger partial charge in [-0.2, -0.15) is 0 Å². The van der Waals surface area contributed by atoms with Crippen molar-refractivity contribution in [3.63, 3.8) is 0 Å². The standard InChI is InChI=1S/C65H110O6/c1-4-7-10-13-16-19-22-25-27-28-29-30-31-32-33-34-35-36-38-40-43-46-49-52-55-58-64(67)70-61-62(60-69-63(66)57-54-51-48-45-42-39-24-21-18-15-12-9-6-3)71-65(68)59-56-53-50-47-44-41-37-26-23-20-17-14-11-8-5-2/h8-9,11-12,17-18,20-21,26,37,39,42,44,47-48,51,62H,4-7,10,13-16,19,22-25,27-36,38,40-41,43,45-46,49-50,52-61H2,1-3H3/b11-8-,12-9-,20-17-,21-18-,37-26-,42-39-,47-44-,51-48-. The summed E-state index contributed by atoms with van der Waals surface area (Å²) in [6, 6.07) is 0. The molecule has 1 unspecified atom stereocenters. The summed E-state index contributed by atoms with van der Waals surface area (Å²) in [7, 11) is 0. The maximum absolute atomic E-state index is 12.8. The van der Waals surface area contributed by atoms with E-state index in [1.165, 1.54) is 141 Å². The Kier molecular flexibility index (Phi) is 55.9. The molecule has 0 aliphatic heterocycles. The summed E-state index contributed by atoms with van der Waals surface area (Å²) in [5.41, 5.74) is 0. The van der Waals surface area contributed by atoms with Gasteiger partial charge in [-0.1, -0.05) is 272 Å². The van der Waals surface area contributed by atoms with Gasteiger partial charge in [0.2, 0.25) is 0 Å². The molecule has 0 aromatic rings. The van der Waals surface area contributed by atoms with Crippen LogP contribution < -0.4 is 0 Å². The maximum atomic E-state index is 12.8. The normalized spacial score (nSPS) is 12.8. The Balaban J connectivity index is 4.34. The summed E-state index contributed by atoms with van der Waals surface area (Å²) in [4.78, 5) is 38.1. The number of ether oxygens (including phenoxy) is 3. The molecule has 71 heavy (non-hydrogen) atoms. The van der Waals surface area contributed by atoms with Crippen molar-refractivity contribution in [1.82, 2.24) is 0 Å². The van der Waals surface area contributed by atoms with Gasteiger partial charge in [-0.3, -0.25) is 14.4 Å². The molecule has 0 radical (unpaired) electrons. The van der Waals surface area contributed by atoms with Crippen LogP contribution in [0.25, 0.3) is 0 Å². The second kappa shape index (κ2) is 58.9. The van der Waals surface area contributed by atoms with Crippen molar-refractivity contribution >= 4 is 17.9 Å². The fraction of sp³-hybridized carbons (Fsp3) is 0.708. The van der Waals surface area contributed by atoms with E-state index in [-0.39, 0.29) is 44.0 Å². The minimum absolute atomic E-state index is 0.115. The SMILES string of the molecule is CC/C=C\C/C=C\C/C=C\C/C=C\CCCCC(=O)OC(COC(=O)CC/C=C\C/C=C\C/C=C\C/C=C\CC)COC(=O)CCCCCCCCCCCCCCCCCCCCCCCCCCC. The number of hydrogen-bond donors (Lipinski definition) is 0. The van der Waals surface area contributed by atoms with Gasteiger partial charge in [0.05, 0.1) is 0 Å². The van der Waals surface area contributed by atoms with E-state index in [1.807, 2.05) is 12.2 Å². The molecule has 0 rings (SSSR count). The second-order valence-electron chi connectivity index (χ2n) is 19.5. The number of rotatable bonds is 53. The number of esters is 3. The highest BCUT2D eigenvalue weighted by Gasteiger charge is 2.19. The van der Waals surface area contributed by atoms with Gasteiger partial charge in [0.15, 0.2) is 6.10 Å². The molecule has 0 aromatic carbocycles. The first-order valence-electron chi connectivity index (χ1n) is 29.7. The molecule has 1 atom stereocenters. The van der Waals surface area contributed by atoms with Crippen LogP contribution >= 0.6 is 0 Å². The molecule has 406 valence electrons. The zero-order chi connectivity index (χ0) is 51.4. The van der Waals surface area contributed by atoms with E-state index in [2.05, 4.69) is 106 Å². The van der Waals surface area contributed by atoms with Crippen molar-refractivity contribution in [2.75, 3.05) is 13.2 Å². The van der Waals surface area contributed by atoms with E-state index in [0.29, 0.717) is 19.3 Å². The highest BCUT2D eigenvalue weighted by Crippen LogP contribution is 2.17. The first-order valence-corrected chi connectivity index (χ1v) is 29.7. The van der Waals surface area contributed by atoms with Crippen LogP contribution in [0.2, 0.25) is 0 Å². The third-order valence-electron chi connectivity index (χ3n) is 12.6. The van der Waals surface area contributed by atoms with Gasteiger partial charge in [-0.15, -0.1) is 0 Å². The van der Waals surface area contributed by atoms with Crippen LogP contribution in [0.3, 0.4) is 0 Å². The molecule has 6 heteroatoms. The van der Waals surface area contributed by atoms with Gasteiger partial charge >= 0.3 is 17.9 Å². The lowest BCUT2D eigenvalue weighted by Crippen LogP contribution is -2.30. The molecule has 0 spiro atoms. The van der Waals surface area contributed by atoms with Crippen LogP contribution in [-0.4, -0.2) is 37.2 Å². The molecular formula is C65H110O6. The molecule has 0 heterocycles. The Labute approximate surface area is 438 Å². The van der Waals surface area contributed by atoms with Gasteiger partial charge in [-0.25, -0.2) is 0 Å². The van der Waals surface area contributed by atoms with E-state index in [9.17, 15) is 14.4 Å². The molecule has 0 saturated heterocycles. The molecule has 6 nitrogen and oxygen atoms in total. The van der Waals surface area contributed by atoms with E-state index >= 15 is 0 Å². The zero-order valence-electron chi connectivity index (χ0n) is 46.5. The smallest absolute Gasteiger partial charge is 0.306 e. The minimum Gasteiger partial charge on any atom is -0.462 e. The molecule has 0 aromatic heterocycles. The fourth-order valence-electron chi connectivity index (χ4n) is 8.21. The van der Waals surface area contributed by atoms with E-state index in [1.54, 1.807) is 0 Å². The maximum Gasteiger partial charge on any atom is 0.306 e. The Morgan fingerprint density at radius 1 is 0.296 bits per heavy atom. The summed E-state index contributed by atoms with van der Waals surface area (Å²) in [6.07, 6.45) is 78.7. The number of allylic oxidation sites excluding steroid dienone is 16. The van der Waals surface area contributed by atoms with Crippen LogP contribution in [0.4, 0.5) is 0 Å². The molecule has 0 bridgehead atoms.